The van der Waals surface area contributed by atoms with Crippen molar-refractivity contribution in [1.82, 2.24) is 10.2 Å². The topological polar surface area (TPSA) is 41.6 Å². The van der Waals surface area contributed by atoms with Crippen LogP contribution in [0.25, 0.3) is 0 Å². The highest BCUT2D eigenvalue weighted by Gasteiger charge is 2.21. The highest BCUT2D eigenvalue weighted by Crippen LogP contribution is 2.17. The fourth-order valence-corrected chi connectivity index (χ4v) is 3.32. The van der Waals surface area contributed by atoms with E-state index in [1.165, 1.54) is 6.07 Å². The van der Waals surface area contributed by atoms with Crippen molar-refractivity contribution in [2.45, 2.75) is 31.8 Å². The minimum Gasteiger partial charge on any atom is -0.493 e. The largest absolute Gasteiger partial charge is 0.493 e. The monoisotopic (exact) mass is 390 g/mol. The van der Waals surface area contributed by atoms with Gasteiger partial charge in [-0.2, -0.15) is 0 Å². The van der Waals surface area contributed by atoms with E-state index < -0.39 is 0 Å². The molecule has 0 saturated carbocycles. The molecule has 2 aromatic rings. The number of likely N-dealkylation sites (tertiary alicyclic amines) is 1. The van der Waals surface area contributed by atoms with Crippen LogP contribution >= 0.6 is 11.6 Å². The first-order valence-corrected chi connectivity index (χ1v) is 9.61. The van der Waals surface area contributed by atoms with Crippen LogP contribution in [0.3, 0.4) is 0 Å². The van der Waals surface area contributed by atoms with Gasteiger partial charge in [0.15, 0.2) is 0 Å². The van der Waals surface area contributed by atoms with Crippen LogP contribution in [0.15, 0.2) is 48.5 Å². The second-order valence-corrected chi connectivity index (χ2v) is 7.20. The fraction of sp³-hybridized carbons (Fsp3) is 0.381. The van der Waals surface area contributed by atoms with Crippen LogP contribution in [0.5, 0.6) is 5.75 Å². The van der Waals surface area contributed by atoms with E-state index in [2.05, 4.69) is 10.2 Å². The van der Waals surface area contributed by atoms with Gasteiger partial charge in [-0.25, -0.2) is 4.39 Å². The first-order valence-electron chi connectivity index (χ1n) is 9.23. The van der Waals surface area contributed by atoms with E-state index in [-0.39, 0.29) is 17.8 Å². The molecule has 144 valence electrons. The lowest BCUT2D eigenvalue weighted by molar-refractivity contribution is -0.122. The molecule has 4 nitrogen and oxygen atoms in total. The van der Waals surface area contributed by atoms with Gasteiger partial charge >= 0.3 is 0 Å². The molecular formula is C21H24ClFN2O2. The molecule has 0 aliphatic carbocycles. The molecule has 6 heteroatoms. The molecule has 1 N–H and O–H groups in total. The third-order valence-corrected chi connectivity index (χ3v) is 4.97. The van der Waals surface area contributed by atoms with Gasteiger partial charge in [0.1, 0.15) is 11.6 Å². The predicted octanol–water partition coefficient (Wildman–Crippen LogP) is 4.03. The van der Waals surface area contributed by atoms with Crippen LogP contribution in [0.2, 0.25) is 5.02 Å². The maximum atomic E-state index is 13.8. The normalized spacial score (nSPS) is 15.5. The average molecular weight is 391 g/mol. The van der Waals surface area contributed by atoms with Gasteiger partial charge in [-0.1, -0.05) is 29.8 Å². The van der Waals surface area contributed by atoms with Crippen molar-refractivity contribution < 1.29 is 13.9 Å². The molecule has 0 aromatic heterocycles. The Balaban J connectivity index is 1.34. The number of nitrogens with zero attached hydrogens (tertiary/aromatic N) is 1. The first-order chi connectivity index (χ1) is 13.1. The van der Waals surface area contributed by atoms with Crippen molar-refractivity contribution in [2.75, 3.05) is 19.7 Å². The van der Waals surface area contributed by atoms with E-state index in [1.54, 1.807) is 30.3 Å². The van der Waals surface area contributed by atoms with Gasteiger partial charge in [0.05, 0.1) is 13.0 Å². The zero-order chi connectivity index (χ0) is 19.1. The van der Waals surface area contributed by atoms with Crippen molar-refractivity contribution in [3.63, 3.8) is 0 Å². The van der Waals surface area contributed by atoms with Gasteiger partial charge in [-0.3, -0.25) is 9.69 Å². The van der Waals surface area contributed by atoms with Crippen LogP contribution in [0.4, 0.5) is 4.39 Å². The molecule has 0 radical (unpaired) electrons. The number of hydrogen-bond acceptors (Lipinski definition) is 3. The van der Waals surface area contributed by atoms with E-state index in [0.717, 1.165) is 31.5 Å². The molecule has 1 aliphatic heterocycles. The van der Waals surface area contributed by atoms with Crippen LogP contribution in [0, 0.1) is 5.82 Å². The number of carbonyl (C=O) groups is 1. The Morgan fingerprint density at radius 3 is 2.56 bits per heavy atom. The molecule has 27 heavy (non-hydrogen) atoms. The molecular weight excluding hydrogens is 367 g/mol. The van der Waals surface area contributed by atoms with Gasteiger partial charge < -0.3 is 10.1 Å². The lowest BCUT2D eigenvalue weighted by Gasteiger charge is -2.32. The van der Waals surface area contributed by atoms with Crippen molar-refractivity contribution in [2.24, 2.45) is 0 Å². The lowest BCUT2D eigenvalue weighted by atomic mass is 10.0. The molecule has 2 aromatic carbocycles. The predicted molar refractivity (Wildman–Crippen MR) is 104 cm³/mol. The van der Waals surface area contributed by atoms with E-state index >= 15 is 0 Å². The smallest absolute Gasteiger partial charge is 0.223 e. The quantitative estimate of drug-likeness (QED) is 0.776. The number of piperidine rings is 1. The molecule has 1 aliphatic rings. The standard InChI is InChI=1S/C21H24ClFN2O2/c22-17-5-7-19(8-6-17)27-14-11-21(26)24-18-9-12-25(13-10-18)15-16-3-1-2-4-20(16)23/h1-8,18H,9-15H2,(H,24,26). The van der Waals surface area contributed by atoms with Crippen LogP contribution < -0.4 is 10.1 Å². The Kier molecular flexibility index (Phi) is 7.07. The Morgan fingerprint density at radius 2 is 1.85 bits per heavy atom. The Labute approximate surface area is 164 Å². The molecule has 3 rings (SSSR count). The average Bonchev–Trinajstić information content (AvgIpc) is 2.67. The SMILES string of the molecule is O=C(CCOc1ccc(Cl)cc1)NC1CCN(Cc2ccccc2F)CC1. The molecule has 1 fully saturated rings. The van der Waals surface area contributed by atoms with Crippen molar-refractivity contribution >= 4 is 17.5 Å². The van der Waals surface area contributed by atoms with Gasteiger partial charge in [-0.15, -0.1) is 0 Å². The Bertz CT molecular complexity index is 746. The third-order valence-electron chi connectivity index (χ3n) is 4.72. The molecule has 0 spiro atoms. The van der Waals surface area contributed by atoms with Gasteiger partial charge in [0.25, 0.3) is 0 Å². The summed E-state index contributed by atoms with van der Waals surface area (Å²) < 4.78 is 19.3. The van der Waals surface area contributed by atoms with Crippen LogP contribution in [-0.2, 0) is 11.3 Å². The molecule has 0 atom stereocenters. The molecule has 1 heterocycles. The first kappa shape index (κ1) is 19.6. The van der Waals surface area contributed by atoms with Crippen molar-refractivity contribution in [3.05, 3.63) is 64.9 Å². The van der Waals surface area contributed by atoms with E-state index in [4.69, 9.17) is 16.3 Å². The van der Waals surface area contributed by atoms with Crippen LogP contribution in [0.1, 0.15) is 24.8 Å². The summed E-state index contributed by atoms with van der Waals surface area (Å²) in [7, 11) is 0. The summed E-state index contributed by atoms with van der Waals surface area (Å²) in [5.41, 5.74) is 0.722. The Morgan fingerprint density at radius 1 is 1.15 bits per heavy atom. The fourth-order valence-electron chi connectivity index (χ4n) is 3.20. The summed E-state index contributed by atoms with van der Waals surface area (Å²) in [6.45, 7) is 2.64. The van der Waals surface area contributed by atoms with E-state index in [0.29, 0.717) is 30.3 Å². The molecule has 1 saturated heterocycles. The maximum absolute atomic E-state index is 13.8. The van der Waals surface area contributed by atoms with Gasteiger partial charge in [0.2, 0.25) is 5.91 Å². The second kappa shape index (κ2) is 9.72. The summed E-state index contributed by atoms with van der Waals surface area (Å²) >= 11 is 5.83. The van der Waals surface area contributed by atoms with E-state index in [9.17, 15) is 9.18 Å². The number of amides is 1. The van der Waals surface area contributed by atoms with Crippen molar-refractivity contribution in [1.29, 1.82) is 0 Å². The number of benzene rings is 2. The van der Waals surface area contributed by atoms with E-state index in [1.807, 2.05) is 12.1 Å². The zero-order valence-electron chi connectivity index (χ0n) is 15.2. The number of ether oxygens (including phenoxy) is 1. The van der Waals surface area contributed by atoms with Gasteiger partial charge in [0, 0.05) is 36.3 Å². The second-order valence-electron chi connectivity index (χ2n) is 6.76. The number of carbonyl (C=O) groups excluding carboxylic acids is 1. The van der Waals surface area contributed by atoms with Gasteiger partial charge in [-0.05, 0) is 43.2 Å². The lowest BCUT2D eigenvalue weighted by Crippen LogP contribution is -2.44. The summed E-state index contributed by atoms with van der Waals surface area (Å²) in [5.74, 6) is 0.541. The third kappa shape index (κ3) is 6.22. The molecule has 0 bridgehead atoms. The Hall–Kier alpha value is -2.11. The zero-order valence-corrected chi connectivity index (χ0v) is 15.9. The van der Waals surface area contributed by atoms with Crippen molar-refractivity contribution in [3.8, 4) is 5.75 Å². The summed E-state index contributed by atoms with van der Waals surface area (Å²) in [4.78, 5) is 14.3. The number of hydrogen-bond donors (Lipinski definition) is 1. The summed E-state index contributed by atoms with van der Waals surface area (Å²) in [6, 6.07) is 14.1. The van der Waals surface area contributed by atoms with Crippen LogP contribution in [-0.4, -0.2) is 36.5 Å². The molecule has 1 amide bonds. The minimum absolute atomic E-state index is 0.00322. The number of halogens is 2. The number of nitrogens with one attached hydrogen (secondary N) is 1. The minimum atomic E-state index is -0.159. The highest BCUT2D eigenvalue weighted by atomic mass is 35.5. The highest BCUT2D eigenvalue weighted by molar-refractivity contribution is 6.30. The summed E-state index contributed by atoms with van der Waals surface area (Å²) in [5, 5.41) is 3.72. The maximum Gasteiger partial charge on any atom is 0.223 e. The molecule has 0 unspecified atom stereocenters. The number of rotatable bonds is 7. The summed E-state index contributed by atoms with van der Waals surface area (Å²) in [6.07, 6.45) is 2.06.